The molecule has 0 saturated heterocycles. The predicted octanol–water partition coefficient (Wildman–Crippen LogP) is 3.68. The van der Waals surface area contributed by atoms with Crippen LogP contribution >= 0.6 is 0 Å². The maximum Gasteiger partial charge on any atom is 0.318 e. The van der Waals surface area contributed by atoms with Crippen molar-refractivity contribution in [1.82, 2.24) is 9.97 Å². The van der Waals surface area contributed by atoms with Crippen LogP contribution < -0.4 is 19.5 Å². The highest BCUT2D eigenvalue weighted by Crippen LogP contribution is 2.25. The van der Waals surface area contributed by atoms with E-state index in [0.717, 1.165) is 22.6 Å². The maximum absolute atomic E-state index is 5.66. The number of nitrogens with one attached hydrogen (secondary N) is 1. The summed E-state index contributed by atoms with van der Waals surface area (Å²) in [5.74, 6) is 2.19. The maximum atomic E-state index is 5.66. The monoisotopic (exact) mass is 351 g/mol. The Balaban J connectivity index is 1.62. The molecule has 0 aliphatic carbocycles. The van der Waals surface area contributed by atoms with Crippen LogP contribution in [0.5, 0.6) is 17.5 Å². The summed E-state index contributed by atoms with van der Waals surface area (Å²) in [5, 5.41) is 3.26. The van der Waals surface area contributed by atoms with E-state index in [1.165, 1.54) is 0 Å². The minimum absolute atomic E-state index is 0.334. The number of hydrogen-bond acceptors (Lipinski definition) is 6. The minimum Gasteiger partial charge on any atom is -0.497 e. The third kappa shape index (κ3) is 4.63. The van der Waals surface area contributed by atoms with Crippen LogP contribution in [0.2, 0.25) is 0 Å². The van der Waals surface area contributed by atoms with Crippen molar-refractivity contribution in [3.05, 3.63) is 71.9 Å². The van der Waals surface area contributed by atoms with Crippen molar-refractivity contribution < 1.29 is 14.2 Å². The van der Waals surface area contributed by atoms with Crippen LogP contribution in [-0.4, -0.2) is 24.2 Å². The third-order valence-electron chi connectivity index (χ3n) is 3.80. The molecule has 0 spiro atoms. The Kier molecular flexibility index (Phi) is 5.88. The number of rotatable bonds is 8. The Morgan fingerprint density at radius 2 is 1.81 bits per heavy atom. The van der Waals surface area contributed by atoms with E-state index in [1.54, 1.807) is 26.5 Å². The molecule has 0 atom stereocenters. The van der Waals surface area contributed by atoms with E-state index in [2.05, 4.69) is 15.3 Å². The Hall–Kier alpha value is -3.28. The highest BCUT2D eigenvalue weighted by Gasteiger charge is 2.06. The molecule has 26 heavy (non-hydrogen) atoms. The second kappa shape index (κ2) is 8.71. The zero-order valence-electron chi connectivity index (χ0n) is 14.8. The molecule has 0 radical (unpaired) electrons. The van der Waals surface area contributed by atoms with Gasteiger partial charge in [-0.25, -0.2) is 4.98 Å². The molecule has 1 heterocycles. The van der Waals surface area contributed by atoms with E-state index in [1.807, 2.05) is 48.5 Å². The van der Waals surface area contributed by atoms with Crippen molar-refractivity contribution in [1.29, 1.82) is 0 Å². The molecule has 0 unspecified atom stereocenters. The summed E-state index contributed by atoms with van der Waals surface area (Å²) in [6.07, 6.45) is 1.67. The fraction of sp³-hybridized carbons (Fsp3) is 0.200. The van der Waals surface area contributed by atoms with Gasteiger partial charge in [0.05, 0.1) is 14.2 Å². The lowest BCUT2D eigenvalue weighted by atomic mass is 10.2. The van der Waals surface area contributed by atoms with E-state index in [0.29, 0.717) is 25.0 Å². The summed E-state index contributed by atoms with van der Waals surface area (Å²) in [4.78, 5) is 8.53. The molecule has 0 fully saturated rings. The van der Waals surface area contributed by atoms with Crippen LogP contribution in [0, 0.1) is 0 Å². The van der Waals surface area contributed by atoms with Crippen molar-refractivity contribution in [2.24, 2.45) is 0 Å². The van der Waals surface area contributed by atoms with Crippen molar-refractivity contribution in [2.45, 2.75) is 13.2 Å². The van der Waals surface area contributed by atoms with Gasteiger partial charge in [0.1, 0.15) is 23.9 Å². The third-order valence-corrected chi connectivity index (χ3v) is 3.80. The van der Waals surface area contributed by atoms with Gasteiger partial charge in [0, 0.05) is 24.4 Å². The Labute approximate surface area is 152 Å². The molecule has 134 valence electrons. The number of benzene rings is 2. The van der Waals surface area contributed by atoms with Gasteiger partial charge in [0.25, 0.3) is 0 Å². The van der Waals surface area contributed by atoms with Crippen molar-refractivity contribution in [2.75, 3.05) is 19.5 Å². The summed E-state index contributed by atoms with van der Waals surface area (Å²) < 4.78 is 16.3. The normalized spacial score (nSPS) is 10.2. The van der Waals surface area contributed by atoms with E-state index >= 15 is 0 Å². The van der Waals surface area contributed by atoms with Gasteiger partial charge in [-0.3, -0.25) is 0 Å². The van der Waals surface area contributed by atoms with Crippen LogP contribution in [0.3, 0.4) is 0 Å². The largest absolute Gasteiger partial charge is 0.497 e. The molecule has 1 N–H and O–H groups in total. The van der Waals surface area contributed by atoms with E-state index < -0.39 is 0 Å². The van der Waals surface area contributed by atoms with E-state index in [-0.39, 0.29) is 0 Å². The molecule has 0 bridgehead atoms. The summed E-state index contributed by atoms with van der Waals surface area (Å²) in [6.45, 7) is 0.985. The van der Waals surface area contributed by atoms with E-state index in [9.17, 15) is 0 Å². The number of methoxy groups -OCH3 is 2. The molecular weight excluding hydrogens is 330 g/mol. The average molecular weight is 351 g/mol. The van der Waals surface area contributed by atoms with E-state index in [4.69, 9.17) is 14.2 Å². The molecule has 3 aromatic rings. The lowest BCUT2D eigenvalue weighted by Gasteiger charge is -2.12. The first-order valence-corrected chi connectivity index (χ1v) is 8.23. The lowest BCUT2D eigenvalue weighted by Crippen LogP contribution is -2.05. The first-order valence-electron chi connectivity index (χ1n) is 8.23. The molecule has 1 aromatic heterocycles. The fourth-order valence-corrected chi connectivity index (χ4v) is 2.41. The molecule has 6 heteroatoms. The molecule has 0 saturated carbocycles. The molecule has 0 amide bonds. The Morgan fingerprint density at radius 3 is 2.58 bits per heavy atom. The second-order valence-corrected chi connectivity index (χ2v) is 5.53. The lowest BCUT2D eigenvalue weighted by molar-refractivity contribution is 0.281. The Bertz CT molecular complexity index is 841. The molecule has 0 aliphatic rings. The number of ether oxygens (including phenoxy) is 3. The van der Waals surface area contributed by atoms with Crippen LogP contribution in [-0.2, 0) is 13.2 Å². The summed E-state index contributed by atoms with van der Waals surface area (Å²) >= 11 is 0. The van der Waals surface area contributed by atoms with Crippen LogP contribution in [0.1, 0.15) is 11.1 Å². The second-order valence-electron chi connectivity index (χ2n) is 5.53. The fourth-order valence-electron chi connectivity index (χ4n) is 2.41. The van der Waals surface area contributed by atoms with Gasteiger partial charge in [-0.2, -0.15) is 4.98 Å². The standard InChI is InChI=1S/C20H21N3O3/c1-24-17-9-8-16(18(12-17)25-2)13-22-19-10-11-21-20(23-19)26-14-15-6-4-3-5-7-15/h3-12H,13-14H2,1-2H3,(H,21,22,23). The summed E-state index contributed by atoms with van der Waals surface area (Å²) in [6, 6.07) is 17.7. The van der Waals surface area contributed by atoms with Gasteiger partial charge in [-0.15, -0.1) is 0 Å². The van der Waals surface area contributed by atoms with Crippen molar-refractivity contribution >= 4 is 5.82 Å². The molecule has 2 aromatic carbocycles. The van der Waals surface area contributed by atoms with Gasteiger partial charge in [0.2, 0.25) is 0 Å². The van der Waals surface area contributed by atoms with Gasteiger partial charge in [-0.1, -0.05) is 30.3 Å². The molecule has 0 aliphatic heterocycles. The average Bonchev–Trinajstić information content (AvgIpc) is 2.71. The topological polar surface area (TPSA) is 65.5 Å². The molecular formula is C20H21N3O3. The predicted molar refractivity (Wildman–Crippen MR) is 99.7 cm³/mol. The zero-order valence-corrected chi connectivity index (χ0v) is 14.8. The van der Waals surface area contributed by atoms with Gasteiger partial charge in [0.15, 0.2) is 0 Å². The van der Waals surface area contributed by atoms with Crippen molar-refractivity contribution in [3.8, 4) is 17.5 Å². The molecule has 6 nitrogen and oxygen atoms in total. The number of nitrogens with zero attached hydrogens (tertiary/aromatic N) is 2. The van der Waals surface area contributed by atoms with Crippen molar-refractivity contribution in [3.63, 3.8) is 0 Å². The molecule has 3 rings (SSSR count). The summed E-state index contributed by atoms with van der Waals surface area (Å²) in [7, 11) is 3.27. The van der Waals surface area contributed by atoms with Gasteiger partial charge in [-0.05, 0) is 23.8 Å². The Morgan fingerprint density at radius 1 is 0.962 bits per heavy atom. The number of anilines is 1. The van der Waals surface area contributed by atoms with Gasteiger partial charge < -0.3 is 19.5 Å². The number of hydrogen-bond donors (Lipinski definition) is 1. The van der Waals surface area contributed by atoms with Crippen LogP contribution in [0.4, 0.5) is 5.82 Å². The summed E-state index contributed by atoms with van der Waals surface area (Å²) in [5.41, 5.74) is 2.07. The SMILES string of the molecule is COc1ccc(CNc2ccnc(OCc3ccccc3)n2)c(OC)c1. The van der Waals surface area contributed by atoms with Gasteiger partial charge >= 0.3 is 6.01 Å². The first kappa shape index (κ1) is 17.5. The first-order chi connectivity index (χ1) is 12.8. The highest BCUT2D eigenvalue weighted by molar-refractivity contribution is 5.43. The smallest absolute Gasteiger partial charge is 0.318 e. The zero-order chi connectivity index (χ0) is 18.2. The quantitative estimate of drug-likeness (QED) is 0.668. The minimum atomic E-state index is 0.334. The van der Waals surface area contributed by atoms with Crippen LogP contribution in [0.15, 0.2) is 60.8 Å². The highest BCUT2D eigenvalue weighted by atomic mass is 16.5. The number of aromatic nitrogens is 2. The van der Waals surface area contributed by atoms with Crippen LogP contribution in [0.25, 0.3) is 0 Å².